The van der Waals surface area contributed by atoms with E-state index >= 15 is 0 Å². The molecular formula is C19H17F4N5O. The van der Waals surface area contributed by atoms with E-state index in [0.29, 0.717) is 6.54 Å². The van der Waals surface area contributed by atoms with Crippen molar-refractivity contribution >= 4 is 17.8 Å². The molecule has 2 aromatic heterocycles. The summed E-state index contributed by atoms with van der Waals surface area (Å²) in [5, 5.41) is 10.6. The van der Waals surface area contributed by atoms with Gasteiger partial charge in [-0.2, -0.15) is 10.2 Å². The van der Waals surface area contributed by atoms with Crippen molar-refractivity contribution in [2.45, 2.75) is 26.9 Å². The van der Waals surface area contributed by atoms with E-state index in [2.05, 4.69) is 15.5 Å². The van der Waals surface area contributed by atoms with E-state index in [1.54, 1.807) is 17.0 Å². The summed E-state index contributed by atoms with van der Waals surface area (Å²) in [6.07, 6.45) is 5.85. The molecule has 0 saturated heterocycles. The third-order valence-electron chi connectivity index (χ3n) is 4.27. The molecule has 152 valence electrons. The summed E-state index contributed by atoms with van der Waals surface area (Å²) in [5.74, 6) is -6.34. The van der Waals surface area contributed by atoms with Gasteiger partial charge < -0.3 is 5.32 Å². The van der Waals surface area contributed by atoms with Gasteiger partial charge in [-0.25, -0.2) is 17.6 Å². The summed E-state index contributed by atoms with van der Waals surface area (Å²) in [6.45, 7) is 3.99. The van der Waals surface area contributed by atoms with Gasteiger partial charge in [-0.05, 0) is 19.9 Å². The first-order valence-corrected chi connectivity index (χ1v) is 8.67. The molecule has 0 aliphatic rings. The topological polar surface area (TPSA) is 64.7 Å². The molecule has 0 fully saturated rings. The minimum absolute atomic E-state index is 0.110. The summed E-state index contributed by atoms with van der Waals surface area (Å²) < 4.78 is 56.9. The third kappa shape index (κ3) is 4.36. The van der Waals surface area contributed by atoms with Gasteiger partial charge in [-0.1, -0.05) is 0 Å². The second kappa shape index (κ2) is 8.29. The highest BCUT2D eigenvalue weighted by Gasteiger charge is 2.19. The monoisotopic (exact) mass is 407 g/mol. The van der Waals surface area contributed by atoms with Crippen molar-refractivity contribution < 1.29 is 22.4 Å². The van der Waals surface area contributed by atoms with Crippen LogP contribution >= 0.6 is 0 Å². The van der Waals surface area contributed by atoms with E-state index in [1.165, 1.54) is 18.3 Å². The molecule has 0 saturated carbocycles. The minimum Gasteiger partial charge on any atom is -0.306 e. The van der Waals surface area contributed by atoms with Crippen LogP contribution in [0.4, 0.5) is 23.4 Å². The van der Waals surface area contributed by atoms with Gasteiger partial charge in [0.2, 0.25) is 5.91 Å². The lowest BCUT2D eigenvalue weighted by molar-refractivity contribution is -0.111. The Hall–Kier alpha value is -3.43. The molecule has 0 atom stereocenters. The summed E-state index contributed by atoms with van der Waals surface area (Å²) in [5.41, 5.74) is 0.894. The van der Waals surface area contributed by atoms with Crippen molar-refractivity contribution in [3.8, 4) is 0 Å². The van der Waals surface area contributed by atoms with Crippen molar-refractivity contribution in [2.24, 2.45) is 0 Å². The van der Waals surface area contributed by atoms with Crippen molar-refractivity contribution in [3.05, 3.63) is 70.7 Å². The Morgan fingerprint density at radius 2 is 1.90 bits per heavy atom. The van der Waals surface area contributed by atoms with Crippen LogP contribution in [0.3, 0.4) is 0 Å². The Morgan fingerprint density at radius 3 is 2.52 bits per heavy atom. The first-order chi connectivity index (χ1) is 13.8. The van der Waals surface area contributed by atoms with Gasteiger partial charge in [-0.15, -0.1) is 0 Å². The normalized spacial score (nSPS) is 11.4. The second-order valence-electron chi connectivity index (χ2n) is 6.17. The fourth-order valence-corrected chi connectivity index (χ4v) is 2.72. The molecule has 3 rings (SSSR count). The average molecular weight is 407 g/mol. The fourth-order valence-electron chi connectivity index (χ4n) is 2.72. The number of rotatable bonds is 6. The van der Waals surface area contributed by atoms with Gasteiger partial charge in [0.1, 0.15) is 0 Å². The molecule has 0 aliphatic carbocycles. The van der Waals surface area contributed by atoms with Gasteiger partial charge in [0.05, 0.1) is 18.3 Å². The number of carbonyl (C=O) groups is 1. The molecule has 0 bridgehead atoms. The predicted octanol–water partition coefficient (Wildman–Crippen LogP) is 3.66. The molecule has 1 N–H and O–H groups in total. The number of hydrogen-bond acceptors (Lipinski definition) is 3. The maximum atomic E-state index is 13.8. The number of nitrogens with one attached hydrogen (secondary N) is 1. The summed E-state index contributed by atoms with van der Waals surface area (Å²) in [7, 11) is 0. The van der Waals surface area contributed by atoms with Gasteiger partial charge in [0.25, 0.3) is 0 Å². The maximum Gasteiger partial charge on any atom is 0.249 e. The SMILES string of the molecule is CCn1ncc(/C=C/C(=O)Nc2ccn(Cc3c(F)c(F)cc(F)c3F)n2)c1C. The van der Waals surface area contributed by atoms with Crippen LogP contribution in [0, 0.1) is 30.2 Å². The number of aromatic nitrogens is 4. The molecule has 2 heterocycles. The van der Waals surface area contributed by atoms with Crippen molar-refractivity contribution in [2.75, 3.05) is 5.32 Å². The molecule has 0 aliphatic heterocycles. The molecule has 1 amide bonds. The Labute approximate surface area is 163 Å². The molecule has 1 aromatic carbocycles. The number of anilines is 1. The molecule has 3 aromatic rings. The highest BCUT2D eigenvalue weighted by atomic mass is 19.2. The Kier molecular flexibility index (Phi) is 5.81. The second-order valence-corrected chi connectivity index (χ2v) is 6.17. The minimum atomic E-state index is -1.49. The van der Waals surface area contributed by atoms with Gasteiger partial charge in [-0.3, -0.25) is 14.2 Å². The highest BCUT2D eigenvalue weighted by Crippen LogP contribution is 2.20. The van der Waals surface area contributed by atoms with Crippen LogP contribution in [0.25, 0.3) is 6.08 Å². The Balaban J connectivity index is 1.68. The largest absolute Gasteiger partial charge is 0.306 e. The Bertz CT molecular complexity index is 1060. The van der Waals surface area contributed by atoms with Gasteiger partial charge >= 0.3 is 0 Å². The van der Waals surface area contributed by atoms with Crippen LogP contribution in [-0.2, 0) is 17.9 Å². The van der Waals surface area contributed by atoms with E-state index in [0.717, 1.165) is 15.9 Å². The molecule has 10 heteroatoms. The predicted molar refractivity (Wildman–Crippen MR) is 97.9 cm³/mol. The average Bonchev–Trinajstić information content (AvgIpc) is 3.27. The number of halogens is 4. The number of aryl methyl sites for hydroxylation is 1. The van der Waals surface area contributed by atoms with E-state index in [-0.39, 0.29) is 11.9 Å². The lowest BCUT2D eigenvalue weighted by Crippen LogP contribution is -2.11. The number of hydrogen-bond donors (Lipinski definition) is 1. The van der Waals surface area contributed by atoms with Gasteiger partial charge in [0.15, 0.2) is 29.1 Å². The first-order valence-electron chi connectivity index (χ1n) is 8.67. The zero-order chi connectivity index (χ0) is 21.1. The van der Waals surface area contributed by atoms with Crippen LogP contribution in [-0.4, -0.2) is 25.5 Å². The zero-order valence-corrected chi connectivity index (χ0v) is 15.6. The van der Waals surface area contributed by atoms with Crippen LogP contribution in [0.15, 0.2) is 30.6 Å². The number of nitrogens with zero attached hydrogens (tertiary/aromatic N) is 4. The lowest BCUT2D eigenvalue weighted by Gasteiger charge is -2.07. The van der Waals surface area contributed by atoms with E-state index in [9.17, 15) is 22.4 Å². The van der Waals surface area contributed by atoms with Crippen LogP contribution in [0.2, 0.25) is 0 Å². The van der Waals surface area contributed by atoms with Crippen molar-refractivity contribution in [3.63, 3.8) is 0 Å². The quantitative estimate of drug-likeness (QED) is 0.385. The third-order valence-corrected chi connectivity index (χ3v) is 4.27. The first kappa shape index (κ1) is 20.3. The van der Waals surface area contributed by atoms with Crippen LogP contribution in [0.5, 0.6) is 0 Å². The fraction of sp³-hybridized carbons (Fsp3) is 0.211. The van der Waals surface area contributed by atoms with E-state index < -0.39 is 41.3 Å². The number of amides is 1. The van der Waals surface area contributed by atoms with E-state index in [4.69, 9.17) is 0 Å². The standard InChI is InChI=1S/C19H17F4N5O/c1-3-28-11(2)12(9-24-28)4-5-17(29)25-16-6-7-27(26-16)10-13-18(22)14(20)8-15(21)19(13)23/h4-9H,3,10H2,1-2H3,(H,25,26,29)/b5-4+. The maximum absolute atomic E-state index is 13.8. The highest BCUT2D eigenvalue weighted by molar-refractivity contribution is 6.01. The number of benzene rings is 1. The molecular weight excluding hydrogens is 390 g/mol. The van der Waals surface area contributed by atoms with Gasteiger partial charge in [0, 0.05) is 42.2 Å². The van der Waals surface area contributed by atoms with Crippen LogP contribution in [0.1, 0.15) is 23.7 Å². The summed E-state index contributed by atoms with van der Waals surface area (Å²) in [6, 6.07) is 1.53. The molecule has 0 unspecified atom stereocenters. The van der Waals surface area contributed by atoms with Crippen molar-refractivity contribution in [1.82, 2.24) is 19.6 Å². The lowest BCUT2D eigenvalue weighted by atomic mass is 10.2. The summed E-state index contributed by atoms with van der Waals surface area (Å²) in [4.78, 5) is 12.0. The van der Waals surface area contributed by atoms with Crippen LogP contribution < -0.4 is 5.32 Å². The molecule has 29 heavy (non-hydrogen) atoms. The zero-order valence-electron chi connectivity index (χ0n) is 15.6. The Morgan fingerprint density at radius 1 is 1.21 bits per heavy atom. The summed E-state index contributed by atoms with van der Waals surface area (Å²) >= 11 is 0. The molecule has 0 spiro atoms. The number of carbonyl (C=O) groups excluding carboxylic acids is 1. The van der Waals surface area contributed by atoms with Crippen molar-refractivity contribution in [1.29, 1.82) is 0 Å². The smallest absolute Gasteiger partial charge is 0.249 e. The molecule has 6 nitrogen and oxygen atoms in total. The van der Waals surface area contributed by atoms with E-state index in [1.807, 2.05) is 13.8 Å². The molecule has 0 radical (unpaired) electrons.